The van der Waals surface area contributed by atoms with Gasteiger partial charge in [0, 0.05) is 80.4 Å². The molecule has 10 rings (SSSR count). The van der Waals surface area contributed by atoms with E-state index in [0.29, 0.717) is 29.9 Å². The lowest BCUT2D eigenvalue weighted by molar-refractivity contribution is 0.0612. The second-order valence-electron chi connectivity index (χ2n) is 14.8. The number of carbonyl (C=O) groups excluding carboxylic acids is 2. The van der Waals surface area contributed by atoms with Gasteiger partial charge in [0.15, 0.2) is 11.5 Å². The Morgan fingerprint density at radius 1 is 0.696 bits per heavy atom. The Morgan fingerprint density at radius 3 is 1.70 bits per heavy atom. The molecule has 4 aliphatic rings. The summed E-state index contributed by atoms with van der Waals surface area (Å²) in [5.74, 6) is 1.51. The third-order valence-electron chi connectivity index (χ3n) is 11.6. The maximum atomic E-state index is 13.2. The van der Waals surface area contributed by atoms with Crippen LogP contribution in [0.5, 0.6) is 11.5 Å². The largest absolute Gasteiger partial charge is 0.493 e. The summed E-state index contributed by atoms with van der Waals surface area (Å²) in [5.41, 5.74) is 5.09. The minimum absolute atomic E-state index is 0.0336. The van der Waals surface area contributed by atoms with Gasteiger partial charge in [-0.25, -0.2) is 15.0 Å². The molecule has 0 bridgehead atoms. The standard InChI is InChI=1S/C22H21N5O2.C19H20N6O2/c1-29-18-13-25-20-17(6-9-24-20)19(18)26-10-11-27(22(14-26)7-8-22)21(28)16-4-2-15(12-23)3-5-16;1-27-15-11-23-17-13(2-5-22-17)16(15)24-8-9-25(19(12-24)3-4-19)18(26)14-10-20-6-7-21-14/h2-6,9,13H,7-8,10-11,14H2,1H3,(H,24,25);2,5-7,10-11H,3-4,8-9,12H2,1H3,(H,22,23). The highest BCUT2D eigenvalue weighted by atomic mass is 16.5. The molecule has 1 aromatic carbocycles. The fourth-order valence-electron chi connectivity index (χ4n) is 8.41. The zero-order valence-electron chi connectivity index (χ0n) is 31.2. The van der Waals surface area contributed by atoms with Crippen molar-refractivity contribution >= 4 is 45.3 Å². The molecule has 2 aliphatic carbocycles. The number of piperazine rings is 2. The number of nitrogens with zero attached hydrogens (tertiary/aromatic N) is 9. The van der Waals surface area contributed by atoms with E-state index in [0.717, 1.165) is 96.8 Å². The van der Waals surface area contributed by atoms with Crippen molar-refractivity contribution < 1.29 is 19.1 Å². The number of fused-ring (bicyclic) bond motifs is 2. The average molecular weight is 752 g/mol. The molecule has 0 unspecified atom stereocenters. The summed E-state index contributed by atoms with van der Waals surface area (Å²) < 4.78 is 11.2. The van der Waals surface area contributed by atoms with Crippen LogP contribution in [0.4, 0.5) is 11.4 Å². The van der Waals surface area contributed by atoms with Gasteiger partial charge in [-0.1, -0.05) is 0 Å². The zero-order chi connectivity index (χ0) is 38.4. The molecule has 56 heavy (non-hydrogen) atoms. The molecule has 2 N–H and O–H groups in total. The predicted molar refractivity (Wildman–Crippen MR) is 209 cm³/mol. The molecule has 2 amide bonds. The second-order valence-corrected chi connectivity index (χ2v) is 14.8. The third kappa shape index (κ3) is 6.07. The van der Waals surface area contributed by atoms with Gasteiger partial charge in [-0.3, -0.25) is 14.6 Å². The number of rotatable bonds is 6. The molecule has 2 spiro atoms. The van der Waals surface area contributed by atoms with Crippen molar-refractivity contribution in [2.24, 2.45) is 0 Å². The van der Waals surface area contributed by atoms with Crippen LogP contribution >= 0.6 is 0 Å². The number of benzene rings is 1. The number of nitrogens with one attached hydrogen (secondary N) is 2. The number of ether oxygens (including phenoxy) is 2. The van der Waals surface area contributed by atoms with Crippen LogP contribution in [0.25, 0.3) is 22.1 Å². The summed E-state index contributed by atoms with van der Waals surface area (Å²) in [5, 5.41) is 11.1. The SMILES string of the molecule is COc1cnc2[nH]ccc2c1N1CCN(C(=O)c2ccc(C#N)cc2)C2(CC2)C1.COc1cnc2[nH]ccc2c1N1CCN(C(=O)c2cnccn2)C2(CC2)C1. The Balaban J connectivity index is 0.000000147. The van der Waals surface area contributed by atoms with Crippen LogP contribution in [0.2, 0.25) is 0 Å². The number of methoxy groups -OCH3 is 2. The lowest BCUT2D eigenvalue weighted by atomic mass is 10.0. The Kier molecular flexibility index (Phi) is 8.68. The fraction of sp³-hybridized carbons (Fsp3) is 0.341. The van der Waals surface area contributed by atoms with Crippen molar-refractivity contribution in [2.75, 3.05) is 63.3 Å². The molecule has 2 aliphatic heterocycles. The van der Waals surface area contributed by atoms with Gasteiger partial charge in [0.25, 0.3) is 11.8 Å². The Labute approximate surface area is 322 Å². The molecule has 4 fully saturated rings. The van der Waals surface area contributed by atoms with Gasteiger partial charge in [-0.15, -0.1) is 0 Å². The van der Waals surface area contributed by atoms with Crippen LogP contribution in [0, 0.1) is 11.3 Å². The van der Waals surface area contributed by atoms with Crippen LogP contribution in [-0.2, 0) is 0 Å². The van der Waals surface area contributed by atoms with E-state index in [2.05, 4.69) is 45.8 Å². The van der Waals surface area contributed by atoms with E-state index in [1.807, 2.05) is 34.3 Å². The Morgan fingerprint density at radius 2 is 1.23 bits per heavy atom. The molecule has 2 saturated heterocycles. The van der Waals surface area contributed by atoms with Crippen LogP contribution in [0.15, 0.2) is 79.8 Å². The zero-order valence-corrected chi connectivity index (χ0v) is 31.2. The Bertz CT molecular complexity index is 2470. The smallest absolute Gasteiger partial charge is 0.274 e. The van der Waals surface area contributed by atoms with Crippen molar-refractivity contribution in [3.05, 3.63) is 96.6 Å². The fourth-order valence-corrected chi connectivity index (χ4v) is 8.41. The van der Waals surface area contributed by atoms with E-state index in [4.69, 9.17) is 14.7 Å². The molecule has 5 aromatic heterocycles. The first kappa shape index (κ1) is 35.0. The summed E-state index contributed by atoms with van der Waals surface area (Å²) in [7, 11) is 3.33. The molecule has 0 atom stereocenters. The lowest BCUT2D eigenvalue weighted by Crippen LogP contribution is -2.57. The predicted octanol–water partition coefficient (Wildman–Crippen LogP) is 4.79. The van der Waals surface area contributed by atoms with Crippen molar-refractivity contribution in [1.29, 1.82) is 5.26 Å². The molecule has 15 heteroatoms. The Hall–Kier alpha value is -6.69. The number of carbonyl (C=O) groups is 2. The number of aromatic amines is 2. The van der Waals surface area contributed by atoms with Crippen LogP contribution in [0.3, 0.4) is 0 Å². The van der Waals surface area contributed by atoms with E-state index in [9.17, 15) is 9.59 Å². The molecule has 15 nitrogen and oxygen atoms in total. The first-order valence-corrected chi connectivity index (χ1v) is 18.8. The number of nitriles is 1. The molecular weight excluding hydrogens is 711 g/mol. The normalized spacial score (nSPS) is 17.7. The number of H-pyrrole nitrogens is 2. The van der Waals surface area contributed by atoms with Gasteiger partial charge < -0.3 is 39.0 Å². The van der Waals surface area contributed by atoms with Gasteiger partial charge in [-0.05, 0) is 62.1 Å². The van der Waals surface area contributed by atoms with Gasteiger partial charge in [0.2, 0.25) is 0 Å². The van der Waals surface area contributed by atoms with Crippen LogP contribution in [-0.4, -0.2) is 116 Å². The van der Waals surface area contributed by atoms with E-state index in [-0.39, 0.29) is 22.9 Å². The van der Waals surface area contributed by atoms with Crippen LogP contribution < -0.4 is 19.3 Å². The molecule has 0 radical (unpaired) electrons. The topological polar surface area (TPSA) is 172 Å². The summed E-state index contributed by atoms with van der Waals surface area (Å²) in [6, 6.07) is 13.0. The van der Waals surface area contributed by atoms with E-state index in [1.165, 1.54) is 0 Å². The second kappa shape index (κ2) is 13.9. The van der Waals surface area contributed by atoms with Gasteiger partial charge in [0.1, 0.15) is 17.0 Å². The summed E-state index contributed by atoms with van der Waals surface area (Å²) in [6.45, 7) is 4.30. The summed E-state index contributed by atoms with van der Waals surface area (Å²) in [6.07, 6.45) is 16.0. The molecule has 6 aromatic rings. The van der Waals surface area contributed by atoms with Gasteiger partial charge in [-0.2, -0.15) is 5.26 Å². The number of hydrogen-bond donors (Lipinski definition) is 2. The number of aromatic nitrogens is 6. The quantitative estimate of drug-likeness (QED) is 0.240. The lowest BCUT2D eigenvalue weighted by Gasteiger charge is -2.43. The minimum Gasteiger partial charge on any atom is -0.493 e. The molecular formula is C41H41N11O4. The van der Waals surface area contributed by atoms with Crippen LogP contribution in [0.1, 0.15) is 52.1 Å². The highest BCUT2D eigenvalue weighted by Gasteiger charge is 2.55. The summed E-state index contributed by atoms with van der Waals surface area (Å²) in [4.78, 5) is 58.2. The maximum absolute atomic E-state index is 13.2. The van der Waals surface area contributed by atoms with Gasteiger partial charge in [0.05, 0.1) is 66.9 Å². The monoisotopic (exact) mass is 751 g/mol. The maximum Gasteiger partial charge on any atom is 0.274 e. The number of anilines is 2. The average Bonchev–Trinajstić information content (AvgIpc) is 4.05. The first-order chi connectivity index (χ1) is 27.4. The number of pyridine rings is 2. The highest BCUT2D eigenvalue weighted by molar-refractivity contribution is 5.97. The van der Waals surface area contributed by atoms with Crippen molar-refractivity contribution in [3.63, 3.8) is 0 Å². The number of amides is 2. The molecule has 2 saturated carbocycles. The molecule has 7 heterocycles. The highest BCUT2D eigenvalue weighted by Crippen LogP contribution is 2.49. The van der Waals surface area contributed by atoms with Crippen molar-refractivity contribution in [1.82, 2.24) is 39.7 Å². The van der Waals surface area contributed by atoms with Crippen molar-refractivity contribution in [2.45, 2.75) is 36.8 Å². The van der Waals surface area contributed by atoms with E-state index in [1.54, 1.807) is 69.5 Å². The van der Waals surface area contributed by atoms with E-state index < -0.39 is 0 Å². The van der Waals surface area contributed by atoms with E-state index >= 15 is 0 Å². The number of hydrogen-bond acceptors (Lipinski definition) is 11. The first-order valence-electron chi connectivity index (χ1n) is 18.8. The molecule has 284 valence electrons. The summed E-state index contributed by atoms with van der Waals surface area (Å²) >= 11 is 0. The van der Waals surface area contributed by atoms with Crippen molar-refractivity contribution in [3.8, 4) is 17.6 Å². The third-order valence-corrected chi connectivity index (χ3v) is 11.6. The van der Waals surface area contributed by atoms with Gasteiger partial charge >= 0.3 is 0 Å². The minimum atomic E-state index is -0.139.